The predicted octanol–water partition coefficient (Wildman–Crippen LogP) is 2.61. The number of aliphatic hydroxyl groups excluding tert-OH is 1. The van der Waals surface area contributed by atoms with Gasteiger partial charge in [0.15, 0.2) is 0 Å². The normalized spacial score (nSPS) is 14.9. The van der Waals surface area contributed by atoms with Crippen molar-refractivity contribution in [1.29, 1.82) is 0 Å². The molecule has 2 atom stereocenters. The third-order valence-electron chi connectivity index (χ3n) is 2.57. The molecule has 2 heteroatoms. The Morgan fingerprint density at radius 3 is 2.53 bits per heavy atom. The highest BCUT2D eigenvalue weighted by atomic mass is 16.5. The fraction of sp³-hybridized carbons (Fsp3) is 0.538. The molecule has 0 saturated heterocycles. The van der Waals surface area contributed by atoms with Crippen LogP contribution in [0, 0.1) is 5.92 Å². The Hall–Kier alpha value is -0.860. The van der Waals surface area contributed by atoms with Crippen molar-refractivity contribution in [3.63, 3.8) is 0 Å². The van der Waals surface area contributed by atoms with Gasteiger partial charge in [0.2, 0.25) is 0 Å². The van der Waals surface area contributed by atoms with E-state index in [4.69, 9.17) is 4.74 Å². The first-order valence-electron chi connectivity index (χ1n) is 5.53. The van der Waals surface area contributed by atoms with Gasteiger partial charge in [-0.05, 0) is 12.0 Å². The van der Waals surface area contributed by atoms with Gasteiger partial charge in [-0.15, -0.1) is 0 Å². The zero-order chi connectivity index (χ0) is 11.1. The Balaban J connectivity index is 2.22. The summed E-state index contributed by atoms with van der Waals surface area (Å²) in [5.74, 6) is 0.207. The van der Waals surface area contributed by atoms with E-state index < -0.39 is 0 Å². The molecule has 15 heavy (non-hydrogen) atoms. The Labute approximate surface area is 91.9 Å². The van der Waals surface area contributed by atoms with E-state index in [0.29, 0.717) is 13.2 Å². The van der Waals surface area contributed by atoms with E-state index >= 15 is 0 Å². The maximum atomic E-state index is 9.54. The number of rotatable bonds is 6. The van der Waals surface area contributed by atoms with Crippen LogP contribution in [0.5, 0.6) is 0 Å². The van der Waals surface area contributed by atoms with Gasteiger partial charge in [0.1, 0.15) is 0 Å². The van der Waals surface area contributed by atoms with E-state index in [-0.39, 0.29) is 12.0 Å². The van der Waals surface area contributed by atoms with Gasteiger partial charge in [-0.1, -0.05) is 44.2 Å². The molecule has 0 saturated carbocycles. The summed E-state index contributed by atoms with van der Waals surface area (Å²) in [6.45, 7) is 5.24. The van der Waals surface area contributed by atoms with Crippen molar-refractivity contribution in [1.82, 2.24) is 0 Å². The monoisotopic (exact) mass is 208 g/mol. The van der Waals surface area contributed by atoms with Gasteiger partial charge in [-0.25, -0.2) is 0 Å². The molecule has 1 N–H and O–H groups in total. The molecule has 0 aromatic heterocycles. The molecule has 84 valence electrons. The highest BCUT2D eigenvalue weighted by Gasteiger charge is 2.11. The Bertz CT molecular complexity index is 258. The highest BCUT2D eigenvalue weighted by molar-refractivity contribution is 5.13. The number of aliphatic hydroxyl groups is 1. The zero-order valence-corrected chi connectivity index (χ0v) is 9.52. The fourth-order valence-electron chi connectivity index (χ4n) is 1.45. The lowest BCUT2D eigenvalue weighted by atomic mass is 10.0. The minimum atomic E-state index is -0.249. The lowest BCUT2D eigenvalue weighted by molar-refractivity contribution is 0.0274. The van der Waals surface area contributed by atoms with Crippen molar-refractivity contribution < 1.29 is 9.84 Å². The summed E-state index contributed by atoms with van der Waals surface area (Å²) in [6, 6.07) is 10.1. The summed E-state index contributed by atoms with van der Waals surface area (Å²) in [6.07, 6.45) is 0.538. The summed E-state index contributed by atoms with van der Waals surface area (Å²) in [5, 5.41) is 9.54. The third-order valence-corrected chi connectivity index (χ3v) is 2.57. The van der Waals surface area contributed by atoms with Crippen LogP contribution in [-0.4, -0.2) is 17.8 Å². The maximum Gasteiger partial charge on any atom is 0.0717 e. The SMILES string of the molecule is CCC(O)C(C)COCc1ccccc1. The lowest BCUT2D eigenvalue weighted by Gasteiger charge is -2.17. The van der Waals surface area contributed by atoms with Crippen LogP contribution < -0.4 is 0 Å². The Morgan fingerprint density at radius 2 is 1.93 bits per heavy atom. The van der Waals surface area contributed by atoms with E-state index in [1.165, 1.54) is 5.56 Å². The molecule has 0 bridgehead atoms. The molecule has 1 rings (SSSR count). The first kappa shape index (κ1) is 12.2. The van der Waals surface area contributed by atoms with E-state index in [1.54, 1.807) is 0 Å². The first-order valence-corrected chi connectivity index (χ1v) is 5.53. The van der Waals surface area contributed by atoms with Crippen LogP contribution in [0.1, 0.15) is 25.8 Å². The average Bonchev–Trinajstić information content (AvgIpc) is 2.29. The second-order valence-electron chi connectivity index (χ2n) is 3.95. The van der Waals surface area contributed by atoms with Crippen LogP contribution in [0.25, 0.3) is 0 Å². The molecule has 0 heterocycles. The van der Waals surface area contributed by atoms with Crippen molar-refractivity contribution in [2.24, 2.45) is 5.92 Å². The number of hydrogen-bond donors (Lipinski definition) is 1. The lowest BCUT2D eigenvalue weighted by Crippen LogP contribution is -2.21. The number of ether oxygens (including phenoxy) is 1. The molecular weight excluding hydrogens is 188 g/mol. The molecule has 1 aromatic rings. The van der Waals surface area contributed by atoms with Crippen LogP contribution in [0.4, 0.5) is 0 Å². The Morgan fingerprint density at radius 1 is 1.27 bits per heavy atom. The topological polar surface area (TPSA) is 29.5 Å². The molecule has 0 spiro atoms. The van der Waals surface area contributed by atoms with Gasteiger partial charge >= 0.3 is 0 Å². The molecule has 0 aliphatic rings. The van der Waals surface area contributed by atoms with Crippen molar-refractivity contribution >= 4 is 0 Å². The van der Waals surface area contributed by atoms with Crippen molar-refractivity contribution in [3.05, 3.63) is 35.9 Å². The van der Waals surface area contributed by atoms with E-state index in [1.807, 2.05) is 44.2 Å². The average molecular weight is 208 g/mol. The molecular formula is C13H20O2. The molecule has 2 unspecified atom stereocenters. The van der Waals surface area contributed by atoms with Gasteiger partial charge in [0.25, 0.3) is 0 Å². The third kappa shape index (κ3) is 4.45. The molecule has 0 fully saturated rings. The van der Waals surface area contributed by atoms with Gasteiger partial charge in [-0.3, -0.25) is 0 Å². The van der Waals surface area contributed by atoms with Crippen LogP contribution in [0.15, 0.2) is 30.3 Å². The smallest absolute Gasteiger partial charge is 0.0717 e. The largest absolute Gasteiger partial charge is 0.393 e. The Kier molecular flexibility index (Phi) is 5.37. The van der Waals surface area contributed by atoms with E-state index in [2.05, 4.69) is 0 Å². The molecule has 0 radical (unpaired) electrons. The number of benzene rings is 1. The van der Waals surface area contributed by atoms with E-state index in [9.17, 15) is 5.11 Å². The standard InChI is InChI=1S/C13H20O2/c1-3-13(14)11(2)9-15-10-12-7-5-4-6-8-12/h4-8,11,13-14H,3,9-10H2,1-2H3. The second kappa shape index (κ2) is 6.59. The number of hydrogen-bond acceptors (Lipinski definition) is 2. The van der Waals surface area contributed by atoms with Crippen LogP contribution in [-0.2, 0) is 11.3 Å². The summed E-state index contributed by atoms with van der Waals surface area (Å²) < 4.78 is 5.54. The van der Waals surface area contributed by atoms with E-state index in [0.717, 1.165) is 6.42 Å². The van der Waals surface area contributed by atoms with Crippen LogP contribution in [0.3, 0.4) is 0 Å². The maximum absolute atomic E-state index is 9.54. The van der Waals surface area contributed by atoms with Gasteiger partial charge in [0, 0.05) is 5.92 Å². The van der Waals surface area contributed by atoms with Crippen molar-refractivity contribution in [3.8, 4) is 0 Å². The highest BCUT2D eigenvalue weighted by Crippen LogP contribution is 2.08. The molecule has 0 amide bonds. The predicted molar refractivity (Wildman–Crippen MR) is 61.6 cm³/mol. The van der Waals surface area contributed by atoms with Crippen LogP contribution >= 0.6 is 0 Å². The summed E-state index contributed by atoms with van der Waals surface area (Å²) in [7, 11) is 0. The van der Waals surface area contributed by atoms with Gasteiger partial charge < -0.3 is 9.84 Å². The van der Waals surface area contributed by atoms with Gasteiger partial charge in [-0.2, -0.15) is 0 Å². The van der Waals surface area contributed by atoms with Crippen LogP contribution in [0.2, 0.25) is 0 Å². The summed E-state index contributed by atoms with van der Waals surface area (Å²) >= 11 is 0. The summed E-state index contributed by atoms with van der Waals surface area (Å²) in [5.41, 5.74) is 1.18. The minimum Gasteiger partial charge on any atom is -0.393 e. The fourth-order valence-corrected chi connectivity index (χ4v) is 1.45. The molecule has 0 aliphatic heterocycles. The second-order valence-corrected chi connectivity index (χ2v) is 3.95. The first-order chi connectivity index (χ1) is 7.24. The van der Waals surface area contributed by atoms with Gasteiger partial charge in [0.05, 0.1) is 19.3 Å². The minimum absolute atomic E-state index is 0.207. The van der Waals surface area contributed by atoms with Crippen molar-refractivity contribution in [2.75, 3.05) is 6.61 Å². The quantitative estimate of drug-likeness (QED) is 0.778. The molecule has 0 aliphatic carbocycles. The molecule has 1 aromatic carbocycles. The van der Waals surface area contributed by atoms with Crippen molar-refractivity contribution in [2.45, 2.75) is 33.0 Å². The summed E-state index contributed by atoms with van der Waals surface area (Å²) in [4.78, 5) is 0. The molecule has 2 nitrogen and oxygen atoms in total. The zero-order valence-electron chi connectivity index (χ0n) is 9.52.